The van der Waals surface area contributed by atoms with Gasteiger partial charge < -0.3 is 14.6 Å². The summed E-state index contributed by atoms with van der Waals surface area (Å²) in [5, 5.41) is 1.04. The molecule has 3 aromatic heterocycles. The summed E-state index contributed by atoms with van der Waals surface area (Å²) in [6.45, 7) is 4.46. The van der Waals surface area contributed by atoms with E-state index in [1.54, 1.807) is 6.20 Å². The summed E-state index contributed by atoms with van der Waals surface area (Å²) in [5.74, 6) is 1.70. The van der Waals surface area contributed by atoms with Crippen molar-refractivity contribution in [1.29, 1.82) is 0 Å². The number of anilines is 1. The van der Waals surface area contributed by atoms with Crippen molar-refractivity contribution >= 4 is 29.5 Å². The molecule has 0 bridgehead atoms. The number of aromatic amines is 1. The molecule has 1 saturated carbocycles. The van der Waals surface area contributed by atoms with Crippen LogP contribution >= 0.6 is 12.6 Å². The smallest absolute Gasteiger partial charge is 0.162 e. The first-order valence-corrected chi connectivity index (χ1v) is 9.48. The Balaban J connectivity index is 1.67. The van der Waals surface area contributed by atoms with E-state index in [1.807, 2.05) is 18.3 Å². The van der Waals surface area contributed by atoms with Gasteiger partial charge in [-0.05, 0) is 31.9 Å². The maximum atomic E-state index is 5.59. The molecular weight excluding hydrogens is 346 g/mol. The highest BCUT2D eigenvalue weighted by atomic mass is 32.1. The van der Waals surface area contributed by atoms with Crippen molar-refractivity contribution in [2.75, 3.05) is 24.7 Å². The summed E-state index contributed by atoms with van der Waals surface area (Å²) in [4.78, 5) is 19.7. The zero-order chi connectivity index (χ0) is 17.7. The summed E-state index contributed by atoms with van der Waals surface area (Å²) < 4.78 is 5.47. The molecule has 0 radical (unpaired) electrons. The second kappa shape index (κ2) is 5.96. The molecule has 5 rings (SSSR count). The molecule has 6 nitrogen and oxygen atoms in total. The molecule has 1 atom stereocenters. The quantitative estimate of drug-likeness (QED) is 0.696. The number of H-pyrrole nitrogens is 1. The van der Waals surface area contributed by atoms with Crippen molar-refractivity contribution < 1.29 is 4.74 Å². The first-order chi connectivity index (χ1) is 12.6. The number of ether oxygens (including phenoxy) is 1. The normalized spacial score (nSPS) is 21.9. The zero-order valence-electron chi connectivity index (χ0n) is 14.6. The lowest BCUT2D eigenvalue weighted by Crippen LogP contribution is -2.44. The molecule has 134 valence electrons. The van der Waals surface area contributed by atoms with E-state index in [2.05, 4.69) is 27.9 Å². The number of rotatable bonds is 3. The van der Waals surface area contributed by atoms with E-state index in [0.717, 1.165) is 66.5 Å². The molecule has 2 fully saturated rings. The molecular formula is C19H21N5OS. The van der Waals surface area contributed by atoms with Gasteiger partial charge >= 0.3 is 0 Å². The van der Waals surface area contributed by atoms with Gasteiger partial charge in [-0.25, -0.2) is 15.0 Å². The van der Waals surface area contributed by atoms with Gasteiger partial charge in [0.05, 0.1) is 29.7 Å². The largest absolute Gasteiger partial charge is 0.377 e. The van der Waals surface area contributed by atoms with Crippen LogP contribution in [0.5, 0.6) is 0 Å². The number of nitrogens with one attached hydrogen (secondary N) is 1. The van der Waals surface area contributed by atoms with Crippen molar-refractivity contribution in [2.24, 2.45) is 0 Å². The number of fused-ring (bicyclic) bond motifs is 1. The number of hydrogen-bond acceptors (Lipinski definition) is 6. The van der Waals surface area contributed by atoms with Crippen LogP contribution in [0.2, 0.25) is 0 Å². The van der Waals surface area contributed by atoms with Gasteiger partial charge in [0.25, 0.3) is 0 Å². The van der Waals surface area contributed by atoms with Gasteiger partial charge in [0.2, 0.25) is 0 Å². The fourth-order valence-corrected chi connectivity index (χ4v) is 3.76. The molecule has 0 unspecified atom stereocenters. The van der Waals surface area contributed by atoms with Crippen LogP contribution in [0.1, 0.15) is 25.5 Å². The third kappa shape index (κ3) is 2.66. The van der Waals surface area contributed by atoms with Crippen LogP contribution < -0.4 is 4.90 Å². The zero-order valence-corrected chi connectivity index (χ0v) is 15.5. The van der Waals surface area contributed by atoms with E-state index in [0.29, 0.717) is 6.04 Å². The molecule has 26 heavy (non-hydrogen) atoms. The maximum absolute atomic E-state index is 5.59. The topological polar surface area (TPSA) is 66.9 Å². The number of thiol groups is 1. The Kier molecular flexibility index (Phi) is 3.68. The van der Waals surface area contributed by atoms with Gasteiger partial charge in [0, 0.05) is 36.0 Å². The number of morpholine rings is 1. The Labute approximate surface area is 157 Å². The first-order valence-electron chi connectivity index (χ1n) is 9.03. The van der Waals surface area contributed by atoms with E-state index in [1.165, 1.54) is 0 Å². The summed E-state index contributed by atoms with van der Waals surface area (Å²) in [6.07, 6.45) is 5.81. The van der Waals surface area contributed by atoms with Crippen molar-refractivity contribution in [1.82, 2.24) is 19.9 Å². The summed E-state index contributed by atoms with van der Waals surface area (Å²) in [6, 6.07) is 6.41. The lowest BCUT2D eigenvalue weighted by atomic mass is 10.1. The van der Waals surface area contributed by atoms with Crippen LogP contribution in [-0.2, 0) is 9.48 Å². The predicted molar refractivity (Wildman–Crippen MR) is 105 cm³/mol. The Hall–Kier alpha value is -2.12. The number of nitrogens with zero attached hydrogens (tertiary/aromatic N) is 4. The fourth-order valence-electron chi connectivity index (χ4n) is 3.54. The van der Waals surface area contributed by atoms with Crippen molar-refractivity contribution in [3.63, 3.8) is 0 Å². The van der Waals surface area contributed by atoms with Crippen LogP contribution in [0.4, 0.5) is 5.82 Å². The number of aromatic nitrogens is 4. The molecule has 3 aromatic rings. The predicted octanol–water partition coefficient (Wildman–Crippen LogP) is 3.16. The number of pyridine rings is 1. The standard InChI is InChI=1S/C19H21N5OS/c1-12-11-25-9-8-24(12)16-10-15(19(26)4-5-19)22-18(23-16)14-3-7-21-17-13(14)2-6-20-17/h2-3,6-7,10,12,26H,4-5,8-9,11H2,1H3,(H,20,21)/t12-/m1/s1. The average molecular weight is 367 g/mol. The molecule has 1 aliphatic carbocycles. The molecule has 0 aromatic carbocycles. The maximum Gasteiger partial charge on any atom is 0.162 e. The fraction of sp³-hybridized carbons (Fsp3) is 0.421. The monoisotopic (exact) mass is 367 g/mol. The third-order valence-corrected chi connectivity index (χ3v) is 5.95. The Morgan fingerprint density at radius 3 is 3.00 bits per heavy atom. The molecule has 4 heterocycles. The van der Waals surface area contributed by atoms with Gasteiger partial charge in [0.15, 0.2) is 5.82 Å². The minimum Gasteiger partial charge on any atom is -0.377 e. The lowest BCUT2D eigenvalue weighted by molar-refractivity contribution is 0.0985. The van der Waals surface area contributed by atoms with Crippen LogP contribution in [0.3, 0.4) is 0 Å². The second-order valence-electron chi connectivity index (χ2n) is 7.18. The Morgan fingerprint density at radius 1 is 1.31 bits per heavy atom. The van der Waals surface area contributed by atoms with E-state index in [9.17, 15) is 0 Å². The molecule has 7 heteroatoms. The highest BCUT2D eigenvalue weighted by molar-refractivity contribution is 7.81. The van der Waals surface area contributed by atoms with E-state index < -0.39 is 0 Å². The average Bonchev–Trinajstić information content (AvgIpc) is 3.23. The second-order valence-corrected chi connectivity index (χ2v) is 8.04. The highest BCUT2D eigenvalue weighted by Crippen LogP contribution is 2.51. The van der Waals surface area contributed by atoms with E-state index in [-0.39, 0.29) is 4.75 Å². The summed E-state index contributed by atoms with van der Waals surface area (Å²) in [7, 11) is 0. The van der Waals surface area contributed by atoms with Crippen molar-refractivity contribution in [3.8, 4) is 11.4 Å². The van der Waals surface area contributed by atoms with Gasteiger partial charge in [-0.1, -0.05) is 0 Å². The lowest BCUT2D eigenvalue weighted by Gasteiger charge is -2.34. The van der Waals surface area contributed by atoms with Crippen LogP contribution in [0, 0.1) is 0 Å². The molecule has 0 spiro atoms. The highest BCUT2D eigenvalue weighted by Gasteiger charge is 2.43. The van der Waals surface area contributed by atoms with E-state index >= 15 is 0 Å². The van der Waals surface area contributed by atoms with Crippen molar-refractivity contribution in [2.45, 2.75) is 30.6 Å². The summed E-state index contributed by atoms with van der Waals surface area (Å²) >= 11 is 4.86. The van der Waals surface area contributed by atoms with Gasteiger partial charge in [-0.3, -0.25) is 0 Å². The number of hydrogen-bond donors (Lipinski definition) is 2. The van der Waals surface area contributed by atoms with Crippen LogP contribution in [0.15, 0.2) is 30.6 Å². The first kappa shape index (κ1) is 16.1. The Bertz CT molecular complexity index is 967. The van der Waals surface area contributed by atoms with Gasteiger partial charge in [0.1, 0.15) is 11.5 Å². The molecule has 1 saturated heterocycles. The minimum atomic E-state index is -0.119. The third-order valence-electron chi connectivity index (χ3n) is 5.28. The molecule has 1 N–H and O–H groups in total. The molecule has 2 aliphatic rings. The minimum absolute atomic E-state index is 0.119. The van der Waals surface area contributed by atoms with Crippen LogP contribution in [-0.4, -0.2) is 45.7 Å². The van der Waals surface area contributed by atoms with Gasteiger partial charge in [-0.15, -0.1) is 0 Å². The van der Waals surface area contributed by atoms with Crippen LogP contribution in [0.25, 0.3) is 22.4 Å². The van der Waals surface area contributed by atoms with Gasteiger partial charge in [-0.2, -0.15) is 12.6 Å². The Morgan fingerprint density at radius 2 is 2.19 bits per heavy atom. The molecule has 0 amide bonds. The molecule has 1 aliphatic heterocycles. The summed E-state index contributed by atoms with van der Waals surface area (Å²) in [5.41, 5.74) is 2.86. The van der Waals surface area contributed by atoms with Crippen molar-refractivity contribution in [3.05, 3.63) is 36.3 Å². The SMILES string of the molecule is C[C@@H]1COCCN1c1cc(C2(S)CC2)nc(-c2ccnc3[nH]ccc23)n1. The van der Waals surface area contributed by atoms with E-state index in [4.69, 9.17) is 27.3 Å².